The van der Waals surface area contributed by atoms with E-state index in [0.29, 0.717) is 6.61 Å². The molecule has 0 spiro atoms. The molecule has 1 unspecified atom stereocenters. The summed E-state index contributed by atoms with van der Waals surface area (Å²) in [5.74, 6) is 0.896. The molecule has 0 aliphatic rings. The molecule has 0 heterocycles. The van der Waals surface area contributed by atoms with E-state index in [1.54, 1.807) is 0 Å². The van der Waals surface area contributed by atoms with Crippen LogP contribution >= 0.6 is 0 Å². The molecule has 2 N–H and O–H groups in total. The van der Waals surface area contributed by atoms with Gasteiger partial charge in [0.15, 0.2) is 0 Å². The van der Waals surface area contributed by atoms with Crippen LogP contribution in [0, 0.1) is 0 Å². The van der Waals surface area contributed by atoms with Crippen molar-refractivity contribution in [2.45, 2.75) is 32.7 Å². The summed E-state index contributed by atoms with van der Waals surface area (Å²) in [6.07, 6.45) is 1.84. The third-order valence-corrected chi connectivity index (χ3v) is 2.40. The van der Waals surface area contributed by atoms with Gasteiger partial charge in [0.2, 0.25) is 0 Å². The van der Waals surface area contributed by atoms with E-state index in [2.05, 4.69) is 19.6 Å². The summed E-state index contributed by atoms with van der Waals surface area (Å²) < 4.78 is 5.64. The normalized spacial score (nSPS) is 12.2. The van der Waals surface area contributed by atoms with Crippen LogP contribution < -0.4 is 10.5 Å². The van der Waals surface area contributed by atoms with E-state index in [4.69, 9.17) is 10.5 Å². The molecule has 0 radical (unpaired) electrons. The average Bonchev–Trinajstić information content (AvgIpc) is 2.25. The van der Waals surface area contributed by atoms with Gasteiger partial charge in [0.1, 0.15) is 12.4 Å². The van der Waals surface area contributed by atoms with E-state index in [-0.39, 0.29) is 6.04 Å². The Morgan fingerprint density at radius 2 is 2.25 bits per heavy atom. The number of nitrogens with two attached hydrogens (primary N) is 1. The van der Waals surface area contributed by atoms with Gasteiger partial charge in [0, 0.05) is 6.04 Å². The van der Waals surface area contributed by atoms with E-state index >= 15 is 0 Å². The Hall–Kier alpha value is -1.28. The summed E-state index contributed by atoms with van der Waals surface area (Å²) in [5.41, 5.74) is 8.09. The zero-order chi connectivity index (χ0) is 12.0. The van der Waals surface area contributed by atoms with Crippen molar-refractivity contribution >= 4 is 0 Å². The smallest absolute Gasteiger partial charge is 0.120 e. The number of hydrogen-bond donors (Lipinski definition) is 1. The molecule has 1 aromatic carbocycles. The predicted octanol–water partition coefficient (Wildman–Crippen LogP) is 2.92. The lowest BCUT2D eigenvalue weighted by atomic mass is 10.1. The number of benzene rings is 1. The zero-order valence-corrected chi connectivity index (χ0v) is 10.2. The highest BCUT2D eigenvalue weighted by Gasteiger charge is 2.00. The van der Waals surface area contributed by atoms with Gasteiger partial charge in [-0.15, -0.1) is 0 Å². The highest BCUT2D eigenvalue weighted by Crippen LogP contribution is 2.15. The van der Waals surface area contributed by atoms with Crippen molar-refractivity contribution in [1.82, 2.24) is 0 Å². The first-order valence-electron chi connectivity index (χ1n) is 5.75. The molecule has 16 heavy (non-hydrogen) atoms. The van der Waals surface area contributed by atoms with Crippen LogP contribution in [0.1, 0.15) is 25.8 Å². The SMILES string of the molecule is C=C(CC)COc1cccc(CC(C)N)c1. The van der Waals surface area contributed by atoms with Crippen LogP contribution in [0.4, 0.5) is 0 Å². The lowest BCUT2D eigenvalue weighted by Gasteiger charge is -2.10. The van der Waals surface area contributed by atoms with Crippen LogP contribution in [0.2, 0.25) is 0 Å². The van der Waals surface area contributed by atoms with Crippen LogP contribution in [0.25, 0.3) is 0 Å². The number of rotatable bonds is 6. The second kappa shape index (κ2) is 6.33. The Morgan fingerprint density at radius 3 is 2.88 bits per heavy atom. The van der Waals surface area contributed by atoms with E-state index in [1.807, 2.05) is 25.1 Å². The molecule has 0 fully saturated rings. The fourth-order valence-corrected chi connectivity index (χ4v) is 1.42. The Balaban J connectivity index is 2.56. The topological polar surface area (TPSA) is 35.2 Å². The summed E-state index contributed by atoms with van der Waals surface area (Å²) >= 11 is 0. The Labute approximate surface area is 98.1 Å². The molecule has 0 aromatic heterocycles. The minimum atomic E-state index is 0.181. The van der Waals surface area contributed by atoms with Gasteiger partial charge in [0.25, 0.3) is 0 Å². The maximum Gasteiger partial charge on any atom is 0.120 e. The summed E-state index contributed by atoms with van der Waals surface area (Å²) in [4.78, 5) is 0. The van der Waals surface area contributed by atoms with Gasteiger partial charge < -0.3 is 10.5 Å². The fraction of sp³-hybridized carbons (Fsp3) is 0.429. The van der Waals surface area contributed by atoms with Crippen molar-refractivity contribution in [1.29, 1.82) is 0 Å². The van der Waals surface area contributed by atoms with Crippen LogP contribution in [-0.2, 0) is 6.42 Å². The van der Waals surface area contributed by atoms with Crippen LogP contribution in [0.15, 0.2) is 36.4 Å². The van der Waals surface area contributed by atoms with E-state index in [9.17, 15) is 0 Å². The van der Waals surface area contributed by atoms with E-state index in [1.165, 1.54) is 5.56 Å². The lowest BCUT2D eigenvalue weighted by Crippen LogP contribution is -2.17. The molecular weight excluding hydrogens is 198 g/mol. The molecular formula is C14H21NO. The Morgan fingerprint density at radius 1 is 1.50 bits per heavy atom. The molecule has 1 aromatic rings. The van der Waals surface area contributed by atoms with Gasteiger partial charge in [-0.3, -0.25) is 0 Å². The minimum absolute atomic E-state index is 0.181. The third kappa shape index (κ3) is 4.49. The number of hydrogen-bond acceptors (Lipinski definition) is 2. The monoisotopic (exact) mass is 219 g/mol. The number of ether oxygens (including phenoxy) is 1. The first kappa shape index (κ1) is 12.8. The predicted molar refractivity (Wildman–Crippen MR) is 68.7 cm³/mol. The molecule has 88 valence electrons. The van der Waals surface area contributed by atoms with Crippen molar-refractivity contribution in [3.8, 4) is 5.75 Å². The molecule has 0 aliphatic heterocycles. The van der Waals surface area contributed by atoms with Gasteiger partial charge in [-0.25, -0.2) is 0 Å². The summed E-state index contributed by atoms with van der Waals surface area (Å²) in [5, 5.41) is 0. The molecule has 0 bridgehead atoms. The molecule has 2 nitrogen and oxygen atoms in total. The zero-order valence-electron chi connectivity index (χ0n) is 10.2. The standard InChI is InChI=1S/C14H21NO/c1-4-11(2)10-16-14-7-5-6-13(9-14)8-12(3)15/h5-7,9,12H,2,4,8,10,15H2,1,3H3. The quantitative estimate of drug-likeness (QED) is 0.747. The van der Waals surface area contributed by atoms with Crippen molar-refractivity contribution in [2.24, 2.45) is 5.73 Å². The maximum atomic E-state index is 5.76. The fourth-order valence-electron chi connectivity index (χ4n) is 1.42. The summed E-state index contributed by atoms with van der Waals surface area (Å²) in [7, 11) is 0. The molecule has 0 amide bonds. The van der Waals surface area contributed by atoms with E-state index in [0.717, 1.165) is 24.2 Å². The highest BCUT2D eigenvalue weighted by atomic mass is 16.5. The average molecular weight is 219 g/mol. The maximum absolute atomic E-state index is 5.76. The van der Waals surface area contributed by atoms with Crippen molar-refractivity contribution in [2.75, 3.05) is 6.61 Å². The second-order valence-electron chi connectivity index (χ2n) is 4.22. The largest absolute Gasteiger partial charge is 0.489 e. The van der Waals surface area contributed by atoms with Crippen LogP contribution in [0.5, 0.6) is 5.75 Å². The molecule has 1 atom stereocenters. The second-order valence-corrected chi connectivity index (χ2v) is 4.22. The van der Waals surface area contributed by atoms with Gasteiger partial charge in [-0.2, -0.15) is 0 Å². The third-order valence-electron chi connectivity index (χ3n) is 2.40. The van der Waals surface area contributed by atoms with E-state index < -0.39 is 0 Å². The first-order valence-corrected chi connectivity index (χ1v) is 5.75. The molecule has 2 heteroatoms. The van der Waals surface area contributed by atoms with Crippen LogP contribution in [0.3, 0.4) is 0 Å². The van der Waals surface area contributed by atoms with Gasteiger partial charge in [-0.05, 0) is 43.0 Å². The van der Waals surface area contributed by atoms with Crippen molar-refractivity contribution in [3.63, 3.8) is 0 Å². The molecule has 0 aliphatic carbocycles. The summed E-state index contributed by atoms with van der Waals surface area (Å²) in [6.45, 7) is 8.60. The first-order chi connectivity index (χ1) is 7.61. The Kier molecular flexibility index (Phi) is 5.06. The molecule has 0 saturated carbocycles. The lowest BCUT2D eigenvalue weighted by molar-refractivity contribution is 0.348. The van der Waals surface area contributed by atoms with Gasteiger partial charge >= 0.3 is 0 Å². The van der Waals surface area contributed by atoms with Crippen molar-refractivity contribution < 1.29 is 4.74 Å². The molecule has 0 saturated heterocycles. The Bertz CT molecular complexity index is 344. The van der Waals surface area contributed by atoms with Crippen LogP contribution in [-0.4, -0.2) is 12.6 Å². The minimum Gasteiger partial charge on any atom is -0.489 e. The molecule has 1 rings (SSSR count). The van der Waals surface area contributed by atoms with Gasteiger partial charge in [0.05, 0.1) is 0 Å². The highest BCUT2D eigenvalue weighted by molar-refractivity contribution is 5.29. The summed E-state index contributed by atoms with van der Waals surface area (Å²) in [6, 6.07) is 8.27. The van der Waals surface area contributed by atoms with Gasteiger partial charge in [-0.1, -0.05) is 25.6 Å². The van der Waals surface area contributed by atoms with Crippen molar-refractivity contribution in [3.05, 3.63) is 42.0 Å².